The highest BCUT2D eigenvalue weighted by molar-refractivity contribution is 4.77. The topological polar surface area (TPSA) is 41.9 Å². The van der Waals surface area contributed by atoms with Crippen molar-refractivity contribution in [3.63, 3.8) is 0 Å². The Morgan fingerprint density at radius 3 is 2.44 bits per heavy atom. The molecule has 16 heavy (non-hydrogen) atoms. The molecule has 4 nitrogen and oxygen atoms in total. The summed E-state index contributed by atoms with van der Waals surface area (Å²) in [6.45, 7) is 9.88. The number of ether oxygens (including phenoxy) is 2. The minimum absolute atomic E-state index is 0.157. The van der Waals surface area contributed by atoms with Crippen molar-refractivity contribution in [2.75, 3.05) is 32.8 Å². The number of hydrogen-bond donors (Lipinski definition) is 1. The number of piperidine rings is 1. The lowest BCUT2D eigenvalue weighted by atomic mass is 9.96. The molecule has 1 heterocycles. The van der Waals surface area contributed by atoms with Crippen LogP contribution in [-0.4, -0.2) is 55.2 Å². The van der Waals surface area contributed by atoms with E-state index in [2.05, 4.69) is 11.8 Å². The van der Waals surface area contributed by atoms with Crippen LogP contribution < -0.4 is 0 Å². The summed E-state index contributed by atoms with van der Waals surface area (Å²) < 4.78 is 11.0. The molecule has 1 rings (SSSR count). The standard InChI is InChI=1S/C12H25NO3/c1-4-15-12(16-5-2)9-13-7-6-10(3)11(14)8-13/h10-12,14H,4-9H2,1-3H3/t10-,11+/m1/s1. The van der Waals surface area contributed by atoms with Crippen LogP contribution in [0.1, 0.15) is 27.2 Å². The van der Waals surface area contributed by atoms with Gasteiger partial charge in [-0.3, -0.25) is 4.90 Å². The van der Waals surface area contributed by atoms with Crippen LogP contribution in [0.3, 0.4) is 0 Å². The molecule has 0 amide bonds. The van der Waals surface area contributed by atoms with Gasteiger partial charge in [0.2, 0.25) is 0 Å². The molecule has 0 aliphatic carbocycles. The van der Waals surface area contributed by atoms with Crippen LogP contribution in [0.4, 0.5) is 0 Å². The summed E-state index contributed by atoms with van der Waals surface area (Å²) in [4.78, 5) is 2.22. The summed E-state index contributed by atoms with van der Waals surface area (Å²) in [6, 6.07) is 0. The van der Waals surface area contributed by atoms with Crippen molar-refractivity contribution < 1.29 is 14.6 Å². The van der Waals surface area contributed by atoms with E-state index in [9.17, 15) is 5.11 Å². The van der Waals surface area contributed by atoms with Gasteiger partial charge in [-0.05, 0) is 32.7 Å². The van der Waals surface area contributed by atoms with Crippen LogP contribution >= 0.6 is 0 Å². The number of aliphatic hydroxyl groups excluding tert-OH is 1. The van der Waals surface area contributed by atoms with Gasteiger partial charge in [-0.1, -0.05) is 6.92 Å². The van der Waals surface area contributed by atoms with Crippen LogP contribution in [0.5, 0.6) is 0 Å². The molecule has 2 atom stereocenters. The van der Waals surface area contributed by atoms with Crippen LogP contribution in [0, 0.1) is 5.92 Å². The Kier molecular flexibility index (Phi) is 6.28. The molecule has 0 bridgehead atoms. The first-order chi connectivity index (χ1) is 7.67. The zero-order valence-corrected chi connectivity index (χ0v) is 10.7. The molecule has 1 fully saturated rings. The lowest BCUT2D eigenvalue weighted by Crippen LogP contribution is -2.46. The van der Waals surface area contributed by atoms with E-state index < -0.39 is 0 Å². The van der Waals surface area contributed by atoms with E-state index >= 15 is 0 Å². The lowest BCUT2D eigenvalue weighted by Gasteiger charge is -2.35. The molecule has 0 radical (unpaired) electrons. The monoisotopic (exact) mass is 231 g/mol. The number of hydrogen-bond acceptors (Lipinski definition) is 4. The van der Waals surface area contributed by atoms with Crippen LogP contribution in [-0.2, 0) is 9.47 Å². The van der Waals surface area contributed by atoms with Crippen molar-refractivity contribution in [2.45, 2.75) is 39.6 Å². The van der Waals surface area contributed by atoms with Crippen molar-refractivity contribution in [2.24, 2.45) is 5.92 Å². The normalized spacial score (nSPS) is 27.6. The molecule has 1 aliphatic heterocycles. The first kappa shape index (κ1) is 13.9. The summed E-state index contributed by atoms with van der Waals surface area (Å²) in [5.74, 6) is 0.411. The quantitative estimate of drug-likeness (QED) is 0.695. The molecule has 4 heteroatoms. The second-order valence-electron chi connectivity index (χ2n) is 4.43. The third-order valence-electron chi connectivity index (χ3n) is 3.12. The van der Waals surface area contributed by atoms with Gasteiger partial charge < -0.3 is 14.6 Å². The molecule has 0 aromatic heterocycles. The first-order valence-corrected chi connectivity index (χ1v) is 6.31. The van der Waals surface area contributed by atoms with Crippen molar-refractivity contribution in [3.8, 4) is 0 Å². The molecule has 1 aliphatic rings. The smallest absolute Gasteiger partial charge is 0.170 e. The van der Waals surface area contributed by atoms with Crippen molar-refractivity contribution >= 4 is 0 Å². The number of nitrogens with zero attached hydrogens (tertiary/aromatic N) is 1. The summed E-state index contributed by atoms with van der Waals surface area (Å²) >= 11 is 0. The fourth-order valence-corrected chi connectivity index (χ4v) is 2.02. The van der Waals surface area contributed by atoms with Gasteiger partial charge in [-0.2, -0.15) is 0 Å². The molecule has 0 spiro atoms. The molecule has 0 aromatic rings. The molecule has 0 saturated carbocycles. The predicted octanol–water partition coefficient (Wildman–Crippen LogP) is 1.09. The zero-order chi connectivity index (χ0) is 12.0. The van der Waals surface area contributed by atoms with Gasteiger partial charge in [0.25, 0.3) is 0 Å². The van der Waals surface area contributed by atoms with E-state index in [1.165, 1.54) is 0 Å². The number of likely N-dealkylation sites (tertiary alicyclic amines) is 1. The van der Waals surface area contributed by atoms with Crippen LogP contribution in [0.25, 0.3) is 0 Å². The molecule has 96 valence electrons. The minimum Gasteiger partial charge on any atom is -0.392 e. The summed E-state index contributed by atoms with van der Waals surface area (Å²) in [6.07, 6.45) is 0.680. The van der Waals surface area contributed by atoms with Crippen molar-refractivity contribution in [3.05, 3.63) is 0 Å². The van der Waals surface area contributed by atoms with Gasteiger partial charge in [0, 0.05) is 26.3 Å². The maximum absolute atomic E-state index is 9.80. The first-order valence-electron chi connectivity index (χ1n) is 6.31. The van der Waals surface area contributed by atoms with E-state index in [-0.39, 0.29) is 12.4 Å². The third-order valence-corrected chi connectivity index (χ3v) is 3.12. The van der Waals surface area contributed by atoms with Gasteiger partial charge in [0.05, 0.1) is 6.10 Å². The number of aliphatic hydroxyl groups is 1. The average Bonchev–Trinajstić information content (AvgIpc) is 2.24. The van der Waals surface area contributed by atoms with Gasteiger partial charge in [-0.15, -0.1) is 0 Å². The number of rotatable bonds is 6. The van der Waals surface area contributed by atoms with E-state index in [1.807, 2.05) is 13.8 Å². The number of β-amino-alcohol motifs (C(OH)–C–C–N with tert-alkyl or cyclic N) is 1. The minimum atomic E-state index is -0.211. The van der Waals surface area contributed by atoms with Crippen molar-refractivity contribution in [1.82, 2.24) is 4.90 Å². The summed E-state index contributed by atoms with van der Waals surface area (Å²) in [5.41, 5.74) is 0. The molecule has 0 unspecified atom stereocenters. The third kappa shape index (κ3) is 4.37. The maximum atomic E-state index is 9.80. The Bertz CT molecular complexity index is 183. The second kappa shape index (κ2) is 7.22. The predicted molar refractivity (Wildman–Crippen MR) is 63.3 cm³/mol. The Labute approximate surface area is 98.5 Å². The largest absolute Gasteiger partial charge is 0.392 e. The molecular weight excluding hydrogens is 206 g/mol. The Morgan fingerprint density at radius 1 is 1.31 bits per heavy atom. The van der Waals surface area contributed by atoms with Crippen molar-refractivity contribution in [1.29, 1.82) is 0 Å². The fourth-order valence-electron chi connectivity index (χ4n) is 2.02. The Morgan fingerprint density at radius 2 is 1.94 bits per heavy atom. The highest BCUT2D eigenvalue weighted by atomic mass is 16.7. The summed E-state index contributed by atoms with van der Waals surface area (Å²) in [7, 11) is 0. The van der Waals surface area contributed by atoms with Crippen LogP contribution in [0.2, 0.25) is 0 Å². The molecule has 1 N–H and O–H groups in total. The molecule has 0 aromatic carbocycles. The fraction of sp³-hybridized carbons (Fsp3) is 1.00. The van der Waals surface area contributed by atoms with E-state index in [0.29, 0.717) is 19.1 Å². The van der Waals surface area contributed by atoms with Gasteiger partial charge in [0.15, 0.2) is 6.29 Å². The molecule has 1 saturated heterocycles. The van der Waals surface area contributed by atoms with E-state index in [1.54, 1.807) is 0 Å². The average molecular weight is 231 g/mol. The second-order valence-corrected chi connectivity index (χ2v) is 4.43. The SMILES string of the molecule is CCOC(CN1CC[C@@H](C)[C@@H](O)C1)OCC. The van der Waals surface area contributed by atoms with Crippen LogP contribution in [0.15, 0.2) is 0 Å². The van der Waals surface area contributed by atoms with Gasteiger partial charge >= 0.3 is 0 Å². The summed E-state index contributed by atoms with van der Waals surface area (Å²) in [5, 5.41) is 9.80. The van der Waals surface area contributed by atoms with E-state index in [0.717, 1.165) is 26.1 Å². The van der Waals surface area contributed by atoms with Gasteiger partial charge in [0.1, 0.15) is 0 Å². The highest BCUT2D eigenvalue weighted by Crippen LogP contribution is 2.17. The maximum Gasteiger partial charge on any atom is 0.170 e. The zero-order valence-electron chi connectivity index (χ0n) is 10.7. The lowest BCUT2D eigenvalue weighted by molar-refractivity contribution is -0.152. The van der Waals surface area contributed by atoms with Gasteiger partial charge in [-0.25, -0.2) is 0 Å². The van der Waals surface area contributed by atoms with E-state index in [4.69, 9.17) is 9.47 Å². The Hall–Kier alpha value is -0.160. The molecular formula is C12H25NO3. The highest BCUT2D eigenvalue weighted by Gasteiger charge is 2.26. The Balaban J connectivity index is 2.33.